The molecule has 18 heavy (non-hydrogen) atoms. The Balaban J connectivity index is 0.00000144. The summed E-state index contributed by atoms with van der Waals surface area (Å²) in [6, 6.07) is 2.64. The van der Waals surface area contributed by atoms with Crippen LogP contribution < -0.4 is 5.73 Å². The lowest BCUT2D eigenvalue weighted by Gasteiger charge is -2.07. The van der Waals surface area contributed by atoms with Crippen molar-refractivity contribution in [1.29, 1.82) is 0 Å². The maximum Gasteiger partial charge on any atom is 0.322 e. The fourth-order valence-corrected chi connectivity index (χ4v) is 1.77. The summed E-state index contributed by atoms with van der Waals surface area (Å²) >= 11 is 5.99. The van der Waals surface area contributed by atoms with Crippen LogP contribution in [0.1, 0.15) is 0 Å². The zero-order chi connectivity index (χ0) is 11.7. The number of fused-ring (bicyclic) bond motifs is 1. The van der Waals surface area contributed by atoms with Gasteiger partial charge in [-0.15, -0.1) is 24.8 Å². The molecule has 5 nitrogen and oxygen atoms in total. The van der Waals surface area contributed by atoms with Gasteiger partial charge in [0, 0.05) is 17.8 Å². The number of aliphatic carboxylic acids is 1. The predicted octanol–water partition coefficient (Wildman–Crippen LogP) is 1.95. The first kappa shape index (κ1) is 17.0. The van der Waals surface area contributed by atoms with Crippen molar-refractivity contribution in [2.24, 2.45) is 5.73 Å². The van der Waals surface area contributed by atoms with E-state index in [9.17, 15) is 4.79 Å². The van der Waals surface area contributed by atoms with Crippen molar-refractivity contribution in [3.8, 4) is 0 Å². The molecular formula is C10H12Cl3N3O2. The third-order valence-corrected chi connectivity index (χ3v) is 2.60. The summed E-state index contributed by atoms with van der Waals surface area (Å²) < 4.78 is 1.65. The van der Waals surface area contributed by atoms with Crippen LogP contribution in [0.25, 0.3) is 11.0 Å². The van der Waals surface area contributed by atoms with Crippen molar-refractivity contribution in [2.45, 2.75) is 12.6 Å². The number of carboxylic acids is 1. The van der Waals surface area contributed by atoms with Gasteiger partial charge in [-0.25, -0.2) is 4.98 Å². The van der Waals surface area contributed by atoms with Crippen molar-refractivity contribution in [2.75, 3.05) is 0 Å². The highest BCUT2D eigenvalue weighted by Gasteiger charge is 2.15. The minimum atomic E-state index is -1.05. The quantitative estimate of drug-likeness (QED) is 0.907. The van der Waals surface area contributed by atoms with Gasteiger partial charge in [-0.3, -0.25) is 4.79 Å². The third kappa shape index (κ3) is 3.26. The largest absolute Gasteiger partial charge is 0.480 e. The number of nitrogens with two attached hydrogens (primary N) is 1. The van der Waals surface area contributed by atoms with Crippen LogP contribution in [0.15, 0.2) is 24.5 Å². The maximum absolute atomic E-state index is 10.7. The van der Waals surface area contributed by atoms with Crippen LogP contribution in [-0.2, 0) is 11.3 Å². The molecule has 0 bridgehead atoms. The standard InChI is InChI=1S/C10H10ClN3O2.2ClH/c11-7-4-14(5-8(12)10(15)16)9-6(7)2-1-3-13-9;;/h1-4,8H,5,12H2,(H,15,16);2*1H. The van der Waals surface area contributed by atoms with Crippen molar-refractivity contribution >= 4 is 53.4 Å². The molecule has 2 aromatic rings. The zero-order valence-electron chi connectivity index (χ0n) is 9.12. The summed E-state index contributed by atoms with van der Waals surface area (Å²) in [6.45, 7) is 0.148. The molecule has 100 valence electrons. The SMILES string of the molecule is Cl.Cl.NC(Cn1cc(Cl)c2cccnc21)C(=O)O. The molecule has 2 heterocycles. The lowest BCUT2D eigenvalue weighted by Crippen LogP contribution is -2.34. The number of halogens is 3. The van der Waals surface area contributed by atoms with E-state index in [0.717, 1.165) is 5.39 Å². The van der Waals surface area contributed by atoms with Gasteiger partial charge in [0.05, 0.1) is 11.6 Å². The number of rotatable bonds is 3. The highest BCUT2D eigenvalue weighted by molar-refractivity contribution is 6.35. The second-order valence-electron chi connectivity index (χ2n) is 3.45. The van der Waals surface area contributed by atoms with E-state index in [-0.39, 0.29) is 31.4 Å². The minimum Gasteiger partial charge on any atom is -0.480 e. The van der Waals surface area contributed by atoms with Gasteiger partial charge < -0.3 is 15.4 Å². The van der Waals surface area contributed by atoms with Gasteiger partial charge in [0.15, 0.2) is 0 Å². The topological polar surface area (TPSA) is 81.1 Å². The number of pyridine rings is 1. The summed E-state index contributed by atoms with van der Waals surface area (Å²) in [4.78, 5) is 14.8. The first-order valence-electron chi connectivity index (χ1n) is 4.67. The monoisotopic (exact) mass is 311 g/mol. The molecule has 0 spiro atoms. The number of hydrogen-bond donors (Lipinski definition) is 2. The van der Waals surface area contributed by atoms with E-state index in [1.54, 1.807) is 23.0 Å². The fourth-order valence-electron chi connectivity index (χ4n) is 1.51. The molecule has 0 aliphatic carbocycles. The Morgan fingerprint density at radius 3 is 2.83 bits per heavy atom. The molecule has 0 aromatic carbocycles. The first-order chi connectivity index (χ1) is 7.59. The lowest BCUT2D eigenvalue weighted by molar-refractivity contribution is -0.138. The summed E-state index contributed by atoms with van der Waals surface area (Å²) in [5.41, 5.74) is 6.10. The van der Waals surface area contributed by atoms with Crippen LogP contribution in [-0.4, -0.2) is 26.7 Å². The molecule has 0 aliphatic rings. The third-order valence-electron chi connectivity index (χ3n) is 2.30. The second-order valence-corrected chi connectivity index (χ2v) is 3.86. The molecular weight excluding hydrogens is 300 g/mol. The molecule has 0 fully saturated rings. The van der Waals surface area contributed by atoms with E-state index in [1.165, 1.54) is 0 Å². The van der Waals surface area contributed by atoms with Gasteiger partial charge in [-0.05, 0) is 12.1 Å². The highest BCUT2D eigenvalue weighted by Crippen LogP contribution is 2.23. The maximum atomic E-state index is 10.7. The number of carbonyl (C=O) groups is 1. The van der Waals surface area contributed by atoms with E-state index in [4.69, 9.17) is 22.4 Å². The van der Waals surface area contributed by atoms with Crippen molar-refractivity contribution in [1.82, 2.24) is 9.55 Å². The van der Waals surface area contributed by atoms with E-state index < -0.39 is 12.0 Å². The lowest BCUT2D eigenvalue weighted by atomic mass is 10.3. The van der Waals surface area contributed by atoms with Crippen LogP contribution in [0.3, 0.4) is 0 Å². The van der Waals surface area contributed by atoms with Gasteiger partial charge in [0.2, 0.25) is 0 Å². The normalized spacial score (nSPS) is 11.4. The van der Waals surface area contributed by atoms with Crippen LogP contribution in [0.5, 0.6) is 0 Å². The Bertz CT molecular complexity index is 544. The van der Waals surface area contributed by atoms with E-state index in [0.29, 0.717) is 10.7 Å². The van der Waals surface area contributed by atoms with Gasteiger partial charge in [0.25, 0.3) is 0 Å². The molecule has 0 saturated carbocycles. The van der Waals surface area contributed by atoms with Gasteiger partial charge >= 0.3 is 5.97 Å². The molecule has 0 saturated heterocycles. The minimum absolute atomic E-state index is 0. The van der Waals surface area contributed by atoms with E-state index in [1.807, 2.05) is 6.07 Å². The molecule has 3 N–H and O–H groups in total. The van der Waals surface area contributed by atoms with Gasteiger partial charge in [-0.1, -0.05) is 11.6 Å². The summed E-state index contributed by atoms with van der Waals surface area (Å²) in [7, 11) is 0. The van der Waals surface area contributed by atoms with Gasteiger partial charge in [-0.2, -0.15) is 0 Å². The Kier molecular flexibility index (Phi) is 6.42. The van der Waals surface area contributed by atoms with Crippen LogP contribution >= 0.6 is 36.4 Å². The molecule has 2 aromatic heterocycles. The first-order valence-corrected chi connectivity index (χ1v) is 5.05. The van der Waals surface area contributed by atoms with Crippen LogP contribution in [0.2, 0.25) is 5.02 Å². The Hall–Kier alpha value is -1.01. The fraction of sp³-hybridized carbons (Fsp3) is 0.200. The second kappa shape index (κ2) is 6.80. The van der Waals surface area contributed by atoms with Crippen LogP contribution in [0.4, 0.5) is 0 Å². The predicted molar refractivity (Wildman–Crippen MR) is 74.9 cm³/mol. The molecule has 8 heteroatoms. The molecule has 2 rings (SSSR count). The Labute approximate surface area is 121 Å². The number of aromatic nitrogens is 2. The highest BCUT2D eigenvalue weighted by atomic mass is 35.5. The summed E-state index contributed by atoms with van der Waals surface area (Å²) in [5.74, 6) is -1.05. The van der Waals surface area contributed by atoms with Crippen LogP contribution in [0, 0.1) is 0 Å². The molecule has 0 radical (unpaired) electrons. The smallest absolute Gasteiger partial charge is 0.322 e. The Morgan fingerprint density at radius 1 is 1.56 bits per heavy atom. The number of hydrogen-bond acceptors (Lipinski definition) is 3. The van der Waals surface area contributed by atoms with Crippen molar-refractivity contribution < 1.29 is 9.90 Å². The molecule has 0 amide bonds. The molecule has 1 atom stereocenters. The van der Waals surface area contributed by atoms with E-state index in [2.05, 4.69) is 4.98 Å². The average molecular weight is 313 g/mol. The average Bonchev–Trinajstić information content (AvgIpc) is 2.57. The number of carboxylic acid groups (broad SMARTS) is 1. The van der Waals surface area contributed by atoms with Crippen molar-refractivity contribution in [3.05, 3.63) is 29.5 Å². The van der Waals surface area contributed by atoms with E-state index >= 15 is 0 Å². The zero-order valence-corrected chi connectivity index (χ0v) is 11.5. The van der Waals surface area contributed by atoms with Crippen molar-refractivity contribution in [3.63, 3.8) is 0 Å². The number of nitrogens with zero attached hydrogens (tertiary/aromatic N) is 2. The summed E-state index contributed by atoms with van der Waals surface area (Å²) in [5, 5.41) is 10.1. The van der Waals surface area contributed by atoms with Gasteiger partial charge in [0.1, 0.15) is 11.7 Å². The molecule has 0 aliphatic heterocycles. The Morgan fingerprint density at radius 2 is 2.22 bits per heavy atom. The molecule has 1 unspecified atom stereocenters. The summed E-state index contributed by atoms with van der Waals surface area (Å²) in [6.07, 6.45) is 3.27.